The van der Waals surface area contributed by atoms with E-state index in [4.69, 9.17) is 0 Å². The van der Waals surface area contributed by atoms with Gasteiger partial charge in [0.25, 0.3) is 0 Å². The predicted octanol–water partition coefficient (Wildman–Crippen LogP) is 3.03. The Morgan fingerprint density at radius 3 is 2.44 bits per heavy atom. The van der Waals surface area contributed by atoms with Crippen molar-refractivity contribution in [3.8, 4) is 6.07 Å². The van der Waals surface area contributed by atoms with Crippen LogP contribution in [-0.2, 0) is 11.2 Å². The van der Waals surface area contributed by atoms with Crippen LogP contribution in [-0.4, -0.2) is 47.0 Å². The summed E-state index contributed by atoms with van der Waals surface area (Å²) < 4.78 is 0. The van der Waals surface area contributed by atoms with Gasteiger partial charge in [-0.2, -0.15) is 5.26 Å². The second-order valence-corrected chi connectivity index (χ2v) is 7.73. The lowest BCUT2D eigenvalue weighted by Gasteiger charge is -2.42. The molecule has 0 radical (unpaired) electrons. The van der Waals surface area contributed by atoms with Crippen molar-refractivity contribution in [1.29, 1.82) is 5.26 Å². The summed E-state index contributed by atoms with van der Waals surface area (Å²) in [5, 5.41) is 19.2. The quantitative estimate of drug-likeness (QED) is 0.914. The van der Waals surface area contributed by atoms with Crippen LogP contribution in [0.2, 0.25) is 0 Å². The Hall–Kier alpha value is -2.55. The van der Waals surface area contributed by atoms with Gasteiger partial charge in [0.1, 0.15) is 6.04 Å². The summed E-state index contributed by atoms with van der Waals surface area (Å²) in [6.45, 7) is 5.61. The molecule has 134 valence electrons. The van der Waals surface area contributed by atoms with Gasteiger partial charge in [-0.1, -0.05) is 32.9 Å². The van der Waals surface area contributed by atoms with Crippen LogP contribution >= 0.6 is 0 Å². The van der Waals surface area contributed by atoms with Crippen molar-refractivity contribution < 1.29 is 14.7 Å². The van der Waals surface area contributed by atoms with Crippen molar-refractivity contribution in [2.45, 2.75) is 45.7 Å². The molecule has 0 aromatic heterocycles. The molecule has 0 aliphatic heterocycles. The van der Waals surface area contributed by atoms with E-state index < -0.39 is 23.6 Å². The number of fused-ring (bicyclic) bond motifs is 1. The highest BCUT2D eigenvalue weighted by Crippen LogP contribution is 2.41. The summed E-state index contributed by atoms with van der Waals surface area (Å²) >= 11 is 0. The SMILES string of the molecule is CN(C)C(=O)[C@@H](N(C(=O)O)C1CCc2c(C#N)cccc21)C(C)(C)C. The van der Waals surface area contributed by atoms with Crippen LogP contribution in [0.1, 0.15) is 49.9 Å². The first-order chi connectivity index (χ1) is 11.6. The molecule has 6 nitrogen and oxygen atoms in total. The summed E-state index contributed by atoms with van der Waals surface area (Å²) in [6, 6.07) is 6.34. The Balaban J connectivity index is 2.55. The molecule has 1 N–H and O–H groups in total. The number of hydrogen-bond donors (Lipinski definition) is 1. The molecule has 2 rings (SSSR count). The van der Waals surface area contributed by atoms with Crippen molar-refractivity contribution in [3.05, 3.63) is 34.9 Å². The standard InChI is InChI=1S/C19H25N3O3/c1-19(2,3)16(17(23)21(4)5)22(18(24)25)15-10-9-13-12(11-20)7-6-8-14(13)15/h6-8,15-16H,9-10H2,1-5H3,(H,24,25)/t15?,16-/m1/s1. The molecular weight excluding hydrogens is 318 g/mol. The van der Waals surface area contributed by atoms with Gasteiger partial charge in [-0.3, -0.25) is 9.69 Å². The zero-order valence-electron chi connectivity index (χ0n) is 15.4. The molecule has 2 atom stereocenters. The van der Waals surface area contributed by atoms with E-state index >= 15 is 0 Å². The van der Waals surface area contributed by atoms with Crippen LogP contribution in [0.3, 0.4) is 0 Å². The van der Waals surface area contributed by atoms with E-state index in [0.29, 0.717) is 18.4 Å². The van der Waals surface area contributed by atoms with Gasteiger partial charge < -0.3 is 10.0 Å². The van der Waals surface area contributed by atoms with Gasteiger partial charge in [-0.05, 0) is 35.4 Å². The predicted molar refractivity (Wildman–Crippen MR) is 94.0 cm³/mol. The van der Waals surface area contributed by atoms with Crippen molar-refractivity contribution >= 4 is 12.0 Å². The van der Waals surface area contributed by atoms with E-state index in [2.05, 4.69) is 6.07 Å². The van der Waals surface area contributed by atoms with Crippen LogP contribution in [0.4, 0.5) is 4.79 Å². The Bertz CT molecular complexity index is 728. The van der Waals surface area contributed by atoms with Gasteiger partial charge in [0.15, 0.2) is 0 Å². The maximum atomic E-state index is 12.8. The number of benzene rings is 1. The lowest BCUT2D eigenvalue weighted by molar-refractivity contribution is -0.138. The minimum absolute atomic E-state index is 0.236. The number of nitrogens with zero attached hydrogens (tertiary/aromatic N) is 3. The highest BCUT2D eigenvalue weighted by molar-refractivity contribution is 5.86. The highest BCUT2D eigenvalue weighted by atomic mass is 16.4. The monoisotopic (exact) mass is 343 g/mol. The van der Waals surface area contributed by atoms with Crippen LogP contribution in [0.15, 0.2) is 18.2 Å². The largest absolute Gasteiger partial charge is 0.465 e. The van der Waals surface area contributed by atoms with E-state index in [1.54, 1.807) is 26.2 Å². The lowest BCUT2D eigenvalue weighted by atomic mass is 9.83. The zero-order chi connectivity index (χ0) is 18.9. The van der Waals surface area contributed by atoms with Crippen LogP contribution < -0.4 is 0 Å². The molecule has 1 aromatic carbocycles. The second kappa shape index (κ2) is 6.75. The van der Waals surface area contributed by atoms with Crippen molar-refractivity contribution in [2.75, 3.05) is 14.1 Å². The van der Waals surface area contributed by atoms with E-state index in [1.165, 1.54) is 9.80 Å². The van der Waals surface area contributed by atoms with Crippen molar-refractivity contribution in [2.24, 2.45) is 5.41 Å². The number of carbonyl (C=O) groups excluding carboxylic acids is 1. The van der Waals surface area contributed by atoms with Crippen molar-refractivity contribution in [3.63, 3.8) is 0 Å². The molecule has 0 spiro atoms. The van der Waals surface area contributed by atoms with Gasteiger partial charge in [0.2, 0.25) is 5.91 Å². The Kier molecular flexibility index (Phi) is 5.07. The summed E-state index contributed by atoms with van der Waals surface area (Å²) in [5.74, 6) is -0.236. The van der Waals surface area contributed by atoms with E-state index in [9.17, 15) is 20.0 Å². The molecular formula is C19H25N3O3. The van der Waals surface area contributed by atoms with Crippen molar-refractivity contribution in [1.82, 2.24) is 9.80 Å². The fourth-order valence-corrected chi connectivity index (χ4v) is 3.60. The molecule has 1 aliphatic carbocycles. The van der Waals surface area contributed by atoms with Crippen LogP contribution in [0, 0.1) is 16.7 Å². The average molecular weight is 343 g/mol. The zero-order valence-corrected chi connectivity index (χ0v) is 15.4. The van der Waals surface area contributed by atoms with Crippen LogP contribution in [0.25, 0.3) is 0 Å². The van der Waals surface area contributed by atoms with Gasteiger partial charge >= 0.3 is 6.09 Å². The Morgan fingerprint density at radius 2 is 1.96 bits per heavy atom. The summed E-state index contributed by atoms with van der Waals surface area (Å²) in [5.41, 5.74) is 1.75. The number of hydrogen-bond acceptors (Lipinski definition) is 3. The number of carboxylic acid groups (broad SMARTS) is 1. The topological polar surface area (TPSA) is 84.6 Å². The van der Waals surface area contributed by atoms with E-state index in [-0.39, 0.29) is 5.91 Å². The molecule has 1 aliphatic rings. The molecule has 0 fully saturated rings. The number of amides is 2. The molecule has 0 saturated carbocycles. The fraction of sp³-hybridized carbons (Fsp3) is 0.526. The number of likely N-dealkylation sites (N-methyl/N-ethyl adjacent to an activating group) is 1. The minimum Gasteiger partial charge on any atom is -0.465 e. The van der Waals surface area contributed by atoms with Gasteiger partial charge in [0.05, 0.1) is 17.7 Å². The first-order valence-corrected chi connectivity index (χ1v) is 8.34. The number of rotatable bonds is 3. The molecule has 0 heterocycles. The molecule has 6 heteroatoms. The molecule has 2 amide bonds. The van der Waals surface area contributed by atoms with Crippen LogP contribution in [0.5, 0.6) is 0 Å². The smallest absolute Gasteiger partial charge is 0.408 e. The molecule has 25 heavy (non-hydrogen) atoms. The Labute approximate surface area is 148 Å². The minimum atomic E-state index is -1.12. The summed E-state index contributed by atoms with van der Waals surface area (Å²) in [6.07, 6.45) is 0.101. The Morgan fingerprint density at radius 1 is 1.32 bits per heavy atom. The van der Waals surface area contributed by atoms with E-state index in [0.717, 1.165) is 11.1 Å². The summed E-state index contributed by atoms with van der Waals surface area (Å²) in [7, 11) is 3.27. The average Bonchev–Trinajstić information content (AvgIpc) is 2.93. The fourth-order valence-electron chi connectivity index (χ4n) is 3.60. The second-order valence-electron chi connectivity index (χ2n) is 7.73. The third-order valence-electron chi connectivity index (χ3n) is 4.69. The third-order valence-corrected chi connectivity index (χ3v) is 4.69. The van der Waals surface area contributed by atoms with Gasteiger partial charge in [0, 0.05) is 14.1 Å². The van der Waals surface area contributed by atoms with Gasteiger partial charge in [-0.25, -0.2) is 4.79 Å². The number of nitriles is 1. The van der Waals surface area contributed by atoms with E-state index in [1.807, 2.05) is 26.8 Å². The maximum absolute atomic E-state index is 12.8. The normalized spacial score (nSPS) is 17.4. The first-order valence-electron chi connectivity index (χ1n) is 8.34. The first kappa shape index (κ1) is 18.8. The third kappa shape index (κ3) is 3.46. The molecule has 1 aromatic rings. The molecule has 0 saturated heterocycles. The lowest BCUT2D eigenvalue weighted by Crippen LogP contribution is -2.56. The molecule has 1 unspecified atom stereocenters. The summed E-state index contributed by atoms with van der Waals surface area (Å²) in [4.78, 5) is 27.7. The molecule has 0 bridgehead atoms. The highest BCUT2D eigenvalue weighted by Gasteiger charge is 2.45. The number of carbonyl (C=O) groups is 2. The maximum Gasteiger partial charge on any atom is 0.408 e. The van der Waals surface area contributed by atoms with Gasteiger partial charge in [-0.15, -0.1) is 0 Å².